The summed E-state index contributed by atoms with van der Waals surface area (Å²) in [4.78, 5) is 12.4. The van der Waals surface area contributed by atoms with E-state index in [1.54, 1.807) is 4.31 Å². The Morgan fingerprint density at radius 3 is 2.19 bits per heavy atom. The minimum atomic E-state index is -3.08. The Morgan fingerprint density at radius 1 is 1.04 bits per heavy atom. The van der Waals surface area contributed by atoms with Gasteiger partial charge in [-0.1, -0.05) is 29.8 Å². The van der Waals surface area contributed by atoms with Crippen molar-refractivity contribution in [1.29, 1.82) is 0 Å². The molecule has 1 saturated heterocycles. The number of benzene rings is 2. The largest absolute Gasteiger partial charge is 0.322 e. The molecule has 1 fully saturated rings. The third-order valence-corrected chi connectivity index (χ3v) is 6.40. The van der Waals surface area contributed by atoms with Gasteiger partial charge in [0.15, 0.2) is 0 Å². The van der Waals surface area contributed by atoms with Gasteiger partial charge in [-0.2, -0.15) is 0 Å². The highest BCUT2D eigenvalue weighted by Crippen LogP contribution is 2.23. The van der Waals surface area contributed by atoms with Crippen LogP contribution in [0.1, 0.15) is 34.3 Å². The summed E-state index contributed by atoms with van der Waals surface area (Å²) in [7, 11) is -3.08. The molecule has 0 unspecified atom stereocenters. The number of rotatable bonds is 5. The third-order valence-electron chi connectivity index (χ3n) is 5.09. The molecule has 0 spiro atoms. The van der Waals surface area contributed by atoms with Crippen LogP contribution in [0.2, 0.25) is 0 Å². The zero-order valence-corrected chi connectivity index (χ0v) is 16.6. The number of carbonyl (C=O) groups excluding carboxylic acids is 1. The van der Waals surface area contributed by atoms with E-state index in [9.17, 15) is 13.2 Å². The molecule has 0 saturated carbocycles. The van der Waals surface area contributed by atoms with E-state index in [2.05, 4.69) is 5.32 Å². The lowest BCUT2D eigenvalue weighted by atomic mass is 9.91. The molecule has 144 valence electrons. The van der Waals surface area contributed by atoms with E-state index >= 15 is 0 Å². The second-order valence-corrected chi connectivity index (χ2v) is 9.31. The van der Waals surface area contributed by atoms with Gasteiger partial charge in [-0.3, -0.25) is 4.79 Å². The van der Waals surface area contributed by atoms with E-state index in [-0.39, 0.29) is 5.91 Å². The van der Waals surface area contributed by atoms with Crippen LogP contribution in [0.5, 0.6) is 0 Å². The lowest BCUT2D eigenvalue weighted by Gasteiger charge is -2.30. The molecule has 0 aromatic heterocycles. The number of carbonyl (C=O) groups is 1. The summed E-state index contributed by atoms with van der Waals surface area (Å²) in [5.74, 6) is 0.363. The quantitative estimate of drug-likeness (QED) is 0.856. The Bertz CT molecular complexity index is 882. The van der Waals surface area contributed by atoms with Gasteiger partial charge in [0.1, 0.15) is 0 Å². The Morgan fingerprint density at radius 2 is 1.63 bits per heavy atom. The number of piperidine rings is 1. The van der Waals surface area contributed by atoms with Gasteiger partial charge in [0.2, 0.25) is 10.0 Å². The van der Waals surface area contributed by atoms with Crippen LogP contribution < -0.4 is 5.32 Å². The van der Waals surface area contributed by atoms with Gasteiger partial charge in [0.25, 0.3) is 5.91 Å². The molecular weight excluding hydrogens is 360 g/mol. The van der Waals surface area contributed by atoms with Gasteiger partial charge in [0, 0.05) is 24.3 Å². The minimum Gasteiger partial charge on any atom is -0.322 e. The fraction of sp³-hybridized carbons (Fsp3) is 0.381. The van der Waals surface area contributed by atoms with Crippen LogP contribution in [0.15, 0.2) is 48.5 Å². The fourth-order valence-electron chi connectivity index (χ4n) is 3.41. The van der Waals surface area contributed by atoms with Gasteiger partial charge in [-0.25, -0.2) is 12.7 Å². The van der Waals surface area contributed by atoms with E-state index in [0.717, 1.165) is 30.5 Å². The number of nitrogens with zero attached hydrogens (tertiary/aromatic N) is 1. The van der Waals surface area contributed by atoms with Crippen molar-refractivity contribution < 1.29 is 13.2 Å². The average molecular weight is 387 g/mol. The van der Waals surface area contributed by atoms with Crippen molar-refractivity contribution in [1.82, 2.24) is 4.31 Å². The summed E-state index contributed by atoms with van der Waals surface area (Å²) in [5.41, 5.74) is 3.75. The van der Waals surface area contributed by atoms with Crippen LogP contribution in [-0.2, 0) is 16.4 Å². The maximum Gasteiger partial charge on any atom is 0.255 e. The van der Waals surface area contributed by atoms with Gasteiger partial charge >= 0.3 is 0 Å². The predicted molar refractivity (Wildman–Crippen MR) is 108 cm³/mol. The number of nitrogens with one attached hydrogen (secondary N) is 1. The highest BCUT2D eigenvalue weighted by Gasteiger charge is 2.24. The molecule has 1 heterocycles. The summed E-state index contributed by atoms with van der Waals surface area (Å²) in [5, 5.41) is 2.90. The molecular formula is C21H26N2O3S. The molecule has 0 atom stereocenters. The number of aryl methyl sites for hydroxylation is 1. The Labute approximate surface area is 161 Å². The van der Waals surface area contributed by atoms with Crippen molar-refractivity contribution in [2.75, 3.05) is 24.7 Å². The highest BCUT2D eigenvalue weighted by atomic mass is 32.2. The van der Waals surface area contributed by atoms with Gasteiger partial charge in [-0.15, -0.1) is 0 Å². The Balaban J connectivity index is 1.54. The molecule has 6 heteroatoms. The number of hydrogen-bond acceptors (Lipinski definition) is 3. The van der Waals surface area contributed by atoms with Crippen molar-refractivity contribution in [3.05, 3.63) is 65.2 Å². The zero-order chi connectivity index (χ0) is 19.4. The second-order valence-electron chi connectivity index (χ2n) is 7.33. The maximum atomic E-state index is 12.4. The molecule has 5 nitrogen and oxygen atoms in total. The van der Waals surface area contributed by atoms with Crippen molar-refractivity contribution >= 4 is 21.6 Å². The summed E-state index contributed by atoms with van der Waals surface area (Å²) in [6.07, 6.45) is 3.94. The molecule has 3 rings (SSSR count). The van der Waals surface area contributed by atoms with Crippen molar-refractivity contribution in [2.24, 2.45) is 5.92 Å². The van der Waals surface area contributed by atoms with Crippen molar-refractivity contribution in [3.8, 4) is 0 Å². The second kappa shape index (κ2) is 8.23. The standard InChI is InChI=1S/C21H26N2O3S/c1-16-3-9-20(10-4-16)22-21(24)19-7-5-17(6-8-19)15-18-11-13-23(14-12-18)27(2,25)26/h3-10,18H,11-15H2,1-2H3,(H,22,24). The molecule has 1 N–H and O–H groups in total. The zero-order valence-electron chi connectivity index (χ0n) is 15.8. The number of amides is 1. The smallest absolute Gasteiger partial charge is 0.255 e. The summed E-state index contributed by atoms with van der Waals surface area (Å²) in [6, 6.07) is 15.4. The summed E-state index contributed by atoms with van der Waals surface area (Å²) >= 11 is 0. The van der Waals surface area contributed by atoms with Crippen LogP contribution in [0.3, 0.4) is 0 Å². The monoisotopic (exact) mass is 386 g/mol. The van der Waals surface area contributed by atoms with Crippen LogP contribution in [0.4, 0.5) is 5.69 Å². The topological polar surface area (TPSA) is 66.5 Å². The van der Waals surface area contributed by atoms with E-state index in [1.165, 1.54) is 11.8 Å². The number of hydrogen-bond donors (Lipinski definition) is 1. The lowest BCUT2D eigenvalue weighted by molar-refractivity contribution is 0.102. The molecule has 1 amide bonds. The number of sulfonamides is 1. The predicted octanol–water partition coefficient (Wildman–Crippen LogP) is 3.46. The highest BCUT2D eigenvalue weighted by molar-refractivity contribution is 7.88. The molecule has 27 heavy (non-hydrogen) atoms. The normalized spacial score (nSPS) is 16.2. The van der Waals surface area contributed by atoms with E-state index in [0.29, 0.717) is 24.6 Å². The first kappa shape index (κ1) is 19.6. The maximum absolute atomic E-state index is 12.4. The molecule has 0 bridgehead atoms. The van der Waals surface area contributed by atoms with Crippen LogP contribution in [0, 0.1) is 12.8 Å². The Kier molecular flexibility index (Phi) is 5.97. The molecule has 0 radical (unpaired) electrons. The molecule has 2 aromatic carbocycles. The Hall–Kier alpha value is -2.18. The lowest BCUT2D eigenvalue weighted by Crippen LogP contribution is -2.38. The van der Waals surface area contributed by atoms with Crippen LogP contribution in [0.25, 0.3) is 0 Å². The van der Waals surface area contributed by atoms with Crippen molar-refractivity contribution in [3.63, 3.8) is 0 Å². The molecule has 1 aliphatic heterocycles. The fourth-order valence-corrected chi connectivity index (χ4v) is 4.28. The van der Waals surface area contributed by atoms with Crippen molar-refractivity contribution in [2.45, 2.75) is 26.2 Å². The first-order valence-corrected chi connectivity index (χ1v) is 11.1. The van der Waals surface area contributed by atoms with E-state index < -0.39 is 10.0 Å². The van der Waals surface area contributed by atoms with E-state index in [1.807, 2.05) is 55.5 Å². The van der Waals surface area contributed by atoms with Crippen LogP contribution >= 0.6 is 0 Å². The first-order valence-electron chi connectivity index (χ1n) is 9.23. The van der Waals surface area contributed by atoms with Gasteiger partial charge in [-0.05, 0) is 61.9 Å². The summed E-state index contributed by atoms with van der Waals surface area (Å²) in [6.45, 7) is 3.20. The average Bonchev–Trinajstić information content (AvgIpc) is 2.64. The van der Waals surface area contributed by atoms with Gasteiger partial charge < -0.3 is 5.32 Å². The minimum absolute atomic E-state index is 0.119. The first-order chi connectivity index (χ1) is 12.8. The third kappa shape index (κ3) is 5.40. The SMILES string of the molecule is Cc1ccc(NC(=O)c2ccc(CC3CCN(S(C)(=O)=O)CC3)cc2)cc1. The molecule has 1 aliphatic rings. The number of anilines is 1. The molecule has 2 aromatic rings. The van der Waals surface area contributed by atoms with Gasteiger partial charge in [0.05, 0.1) is 6.26 Å². The van der Waals surface area contributed by atoms with Crippen LogP contribution in [-0.4, -0.2) is 38.0 Å². The molecule has 0 aliphatic carbocycles. The van der Waals surface area contributed by atoms with E-state index in [4.69, 9.17) is 0 Å². The summed E-state index contributed by atoms with van der Waals surface area (Å²) < 4.78 is 24.7.